The molecule has 0 aliphatic rings. The Labute approximate surface area is 130 Å². The minimum absolute atomic E-state index is 0.0715. The van der Waals surface area contributed by atoms with Gasteiger partial charge in [-0.15, -0.1) is 11.3 Å². The molecule has 1 amide bonds. The van der Waals surface area contributed by atoms with Crippen LogP contribution in [0.5, 0.6) is 0 Å². The zero-order chi connectivity index (χ0) is 15.4. The molecule has 0 saturated heterocycles. The van der Waals surface area contributed by atoms with Crippen LogP contribution in [0, 0.1) is 0 Å². The smallest absolute Gasteiger partial charge is 0.328 e. The van der Waals surface area contributed by atoms with Crippen LogP contribution in [0.15, 0.2) is 34.3 Å². The van der Waals surface area contributed by atoms with E-state index in [1.165, 1.54) is 34.6 Å². The van der Waals surface area contributed by atoms with Crippen LogP contribution < -0.4 is 0 Å². The first-order chi connectivity index (χ1) is 9.97. The molecule has 5 nitrogen and oxygen atoms in total. The molecule has 1 N–H and O–H groups in total. The first-order valence-electron chi connectivity index (χ1n) is 5.94. The highest BCUT2D eigenvalue weighted by Crippen LogP contribution is 2.21. The highest BCUT2D eigenvalue weighted by molar-refractivity contribution is 7.11. The van der Waals surface area contributed by atoms with Crippen LogP contribution in [-0.2, 0) is 11.3 Å². The van der Waals surface area contributed by atoms with E-state index in [0.29, 0.717) is 12.1 Å². The maximum atomic E-state index is 12.1. The summed E-state index contributed by atoms with van der Waals surface area (Å²) < 4.78 is 4.90. The number of aliphatic carboxylic acids is 1. The lowest BCUT2D eigenvalue weighted by molar-refractivity contribution is -0.131. The second kappa shape index (κ2) is 6.60. The van der Waals surface area contributed by atoms with E-state index in [9.17, 15) is 9.59 Å². The number of carbonyl (C=O) groups excluding carboxylic acids is 1. The van der Waals surface area contributed by atoms with E-state index in [-0.39, 0.29) is 11.1 Å². The van der Waals surface area contributed by atoms with Crippen molar-refractivity contribution in [3.05, 3.63) is 51.1 Å². The Bertz CT molecular complexity index is 689. The quantitative estimate of drug-likeness (QED) is 0.856. The van der Waals surface area contributed by atoms with Crippen molar-refractivity contribution in [3.8, 4) is 0 Å². The number of thiophene rings is 1. The van der Waals surface area contributed by atoms with Gasteiger partial charge in [-0.2, -0.15) is 0 Å². The van der Waals surface area contributed by atoms with Gasteiger partial charge in [-0.1, -0.05) is 0 Å². The molecule has 2 rings (SSSR count). The monoisotopic (exact) mass is 325 g/mol. The normalized spacial score (nSPS) is 11.0. The third kappa shape index (κ3) is 3.96. The molecule has 7 heteroatoms. The topological polar surface area (TPSA) is 70.8 Å². The van der Waals surface area contributed by atoms with Crippen LogP contribution in [0.25, 0.3) is 6.08 Å². The molecule has 0 atom stereocenters. The number of carbonyl (C=O) groups is 2. The van der Waals surface area contributed by atoms with Crippen molar-refractivity contribution >= 4 is 40.9 Å². The molecule has 0 spiro atoms. The van der Waals surface area contributed by atoms with Crippen LogP contribution in [0.2, 0.25) is 5.22 Å². The molecule has 0 aliphatic heterocycles. The number of hydrogen-bond donors (Lipinski definition) is 1. The van der Waals surface area contributed by atoms with Gasteiger partial charge in [0.05, 0.1) is 11.8 Å². The number of hydrogen-bond acceptors (Lipinski definition) is 4. The summed E-state index contributed by atoms with van der Waals surface area (Å²) in [7, 11) is 1.66. The first kappa shape index (κ1) is 15.3. The summed E-state index contributed by atoms with van der Waals surface area (Å²) in [5.41, 5.74) is 1.24. The minimum atomic E-state index is -0.994. The molecule has 110 valence electrons. The molecule has 0 aliphatic carbocycles. The van der Waals surface area contributed by atoms with Gasteiger partial charge in [-0.05, 0) is 40.8 Å². The van der Waals surface area contributed by atoms with Crippen molar-refractivity contribution in [3.63, 3.8) is 0 Å². The lowest BCUT2D eigenvalue weighted by Crippen LogP contribution is -2.25. The minimum Gasteiger partial charge on any atom is -0.478 e. The Morgan fingerprint density at radius 1 is 1.52 bits per heavy atom. The molecule has 0 aromatic carbocycles. The van der Waals surface area contributed by atoms with Crippen LogP contribution in [0.1, 0.15) is 20.8 Å². The zero-order valence-electron chi connectivity index (χ0n) is 11.1. The summed E-state index contributed by atoms with van der Waals surface area (Å²) in [4.78, 5) is 24.9. The number of furan rings is 1. The summed E-state index contributed by atoms with van der Waals surface area (Å²) in [6.07, 6.45) is 3.96. The summed E-state index contributed by atoms with van der Waals surface area (Å²) in [6.45, 7) is 0.401. The number of nitrogens with zero attached hydrogens (tertiary/aromatic N) is 1. The molecule has 2 aromatic rings. The van der Waals surface area contributed by atoms with Crippen molar-refractivity contribution in [1.29, 1.82) is 0 Å². The number of carboxylic acids is 1. The van der Waals surface area contributed by atoms with Crippen molar-refractivity contribution < 1.29 is 19.1 Å². The third-order valence-corrected chi connectivity index (χ3v) is 3.92. The van der Waals surface area contributed by atoms with Gasteiger partial charge in [0.15, 0.2) is 0 Å². The fourth-order valence-electron chi connectivity index (χ4n) is 1.72. The van der Waals surface area contributed by atoms with Gasteiger partial charge in [0.2, 0.25) is 5.22 Å². The first-order valence-corrected chi connectivity index (χ1v) is 7.20. The molecular weight excluding hydrogens is 314 g/mol. The molecule has 0 saturated carbocycles. The van der Waals surface area contributed by atoms with E-state index >= 15 is 0 Å². The molecule has 0 unspecified atom stereocenters. The number of carboxylic acid groups (broad SMARTS) is 1. The average Bonchev–Trinajstić information content (AvgIpc) is 3.04. The Kier molecular flexibility index (Phi) is 4.82. The molecule has 0 radical (unpaired) electrons. The molecule has 0 bridgehead atoms. The Morgan fingerprint density at radius 3 is 2.90 bits per heavy atom. The number of amides is 1. The van der Waals surface area contributed by atoms with E-state index in [0.717, 1.165) is 16.5 Å². The van der Waals surface area contributed by atoms with Gasteiger partial charge < -0.3 is 14.4 Å². The van der Waals surface area contributed by atoms with Gasteiger partial charge in [0, 0.05) is 24.5 Å². The van der Waals surface area contributed by atoms with Gasteiger partial charge in [0.1, 0.15) is 0 Å². The predicted molar refractivity (Wildman–Crippen MR) is 80.5 cm³/mol. The Morgan fingerprint density at radius 2 is 2.29 bits per heavy atom. The van der Waals surface area contributed by atoms with Crippen molar-refractivity contribution in [1.82, 2.24) is 4.90 Å². The summed E-state index contributed by atoms with van der Waals surface area (Å²) in [5, 5.41) is 10.5. The van der Waals surface area contributed by atoms with Gasteiger partial charge >= 0.3 is 5.97 Å². The molecule has 2 aromatic heterocycles. The molecule has 0 fully saturated rings. The Hall–Kier alpha value is -2.05. The predicted octanol–water partition coefficient (Wildman–Crippen LogP) is 3.36. The second-order valence-electron chi connectivity index (χ2n) is 4.30. The fraction of sp³-hybridized carbons (Fsp3) is 0.143. The summed E-state index contributed by atoms with van der Waals surface area (Å²) in [6, 6.07) is 3.36. The number of rotatable bonds is 5. The number of halogens is 1. The largest absolute Gasteiger partial charge is 0.478 e. The van der Waals surface area contributed by atoms with Crippen LogP contribution in [0.3, 0.4) is 0 Å². The lowest BCUT2D eigenvalue weighted by atomic mass is 10.2. The van der Waals surface area contributed by atoms with E-state index < -0.39 is 5.97 Å². The van der Waals surface area contributed by atoms with Crippen LogP contribution in [-0.4, -0.2) is 28.9 Å². The van der Waals surface area contributed by atoms with E-state index in [2.05, 4.69) is 0 Å². The fourth-order valence-corrected chi connectivity index (χ4v) is 2.71. The van der Waals surface area contributed by atoms with Crippen molar-refractivity contribution in [2.24, 2.45) is 0 Å². The average molecular weight is 326 g/mol. The van der Waals surface area contributed by atoms with Crippen molar-refractivity contribution in [2.45, 2.75) is 6.54 Å². The SMILES string of the molecule is CN(Cc1csc(/C=C/C(=O)O)c1)C(=O)c1ccoc1Cl. The second-order valence-corrected chi connectivity index (χ2v) is 5.58. The summed E-state index contributed by atoms with van der Waals surface area (Å²) >= 11 is 7.19. The summed E-state index contributed by atoms with van der Waals surface area (Å²) in [5.74, 6) is -1.23. The van der Waals surface area contributed by atoms with Crippen LogP contribution >= 0.6 is 22.9 Å². The molecule has 2 heterocycles. The maximum Gasteiger partial charge on any atom is 0.328 e. The molecular formula is C14H12ClNO4S. The lowest BCUT2D eigenvalue weighted by Gasteiger charge is -2.15. The maximum absolute atomic E-state index is 12.1. The third-order valence-electron chi connectivity index (χ3n) is 2.68. The van der Waals surface area contributed by atoms with E-state index in [1.54, 1.807) is 7.05 Å². The highest BCUT2D eigenvalue weighted by Gasteiger charge is 2.17. The van der Waals surface area contributed by atoms with E-state index in [4.69, 9.17) is 21.1 Å². The van der Waals surface area contributed by atoms with Gasteiger partial charge in [-0.3, -0.25) is 4.79 Å². The highest BCUT2D eigenvalue weighted by atomic mass is 35.5. The Balaban J connectivity index is 2.03. The standard InChI is InChI=1S/C14H12ClNO4S/c1-16(14(19)11-4-5-20-13(11)15)7-9-6-10(21-8-9)2-3-12(17)18/h2-6,8H,7H2,1H3,(H,17,18)/b3-2+. The van der Waals surface area contributed by atoms with Crippen LogP contribution in [0.4, 0.5) is 0 Å². The van der Waals surface area contributed by atoms with Gasteiger partial charge in [-0.25, -0.2) is 4.79 Å². The van der Waals surface area contributed by atoms with Gasteiger partial charge in [0.25, 0.3) is 5.91 Å². The molecule has 21 heavy (non-hydrogen) atoms. The van der Waals surface area contributed by atoms with E-state index in [1.807, 2.05) is 11.4 Å². The zero-order valence-corrected chi connectivity index (χ0v) is 12.6. The van der Waals surface area contributed by atoms with Crippen molar-refractivity contribution in [2.75, 3.05) is 7.05 Å².